The maximum atomic E-state index is 11.8. The van der Waals surface area contributed by atoms with Crippen LogP contribution in [0, 0.1) is 5.92 Å². The summed E-state index contributed by atoms with van der Waals surface area (Å²) in [6.07, 6.45) is 7.47. The number of rotatable bonds is 3. The van der Waals surface area contributed by atoms with Gasteiger partial charge >= 0.3 is 0 Å². The molecular formula is C15H20N6O. The van der Waals surface area contributed by atoms with Crippen LogP contribution in [0.1, 0.15) is 25.7 Å². The molecule has 0 atom stereocenters. The van der Waals surface area contributed by atoms with Crippen LogP contribution in [-0.2, 0) is 11.8 Å². The average molecular weight is 300 g/mol. The van der Waals surface area contributed by atoms with Crippen LogP contribution in [0.2, 0.25) is 0 Å². The lowest BCUT2D eigenvalue weighted by Gasteiger charge is -2.33. The summed E-state index contributed by atoms with van der Waals surface area (Å²) in [5.74, 6) is 1.48. The van der Waals surface area contributed by atoms with Gasteiger partial charge in [-0.3, -0.25) is 9.48 Å². The molecule has 0 unspecified atom stereocenters. The summed E-state index contributed by atoms with van der Waals surface area (Å²) in [7, 11) is 1.89. The lowest BCUT2D eigenvalue weighted by atomic mass is 10.0. The van der Waals surface area contributed by atoms with Crippen molar-refractivity contribution >= 4 is 22.8 Å². The Kier molecular flexibility index (Phi) is 3.20. The fourth-order valence-corrected chi connectivity index (χ4v) is 3.10. The third-order valence-corrected chi connectivity index (χ3v) is 4.60. The predicted octanol–water partition coefficient (Wildman–Crippen LogP) is 0.858. The molecule has 116 valence electrons. The van der Waals surface area contributed by atoms with Crippen LogP contribution in [0.4, 0.5) is 5.82 Å². The summed E-state index contributed by atoms with van der Waals surface area (Å²) in [4.78, 5) is 22.8. The number of carbonyl (C=O) groups excluding carboxylic acids is 1. The molecular weight excluding hydrogens is 280 g/mol. The number of nitrogens with zero attached hydrogens (tertiary/aromatic N) is 5. The fraction of sp³-hybridized carbons (Fsp3) is 0.600. The van der Waals surface area contributed by atoms with E-state index in [9.17, 15) is 4.79 Å². The van der Waals surface area contributed by atoms with Crippen LogP contribution in [-0.4, -0.2) is 44.8 Å². The summed E-state index contributed by atoms with van der Waals surface area (Å²) < 4.78 is 1.77. The molecule has 2 fully saturated rings. The number of aromatic nitrogens is 4. The molecule has 1 amide bonds. The maximum absolute atomic E-state index is 11.8. The molecule has 7 heteroatoms. The van der Waals surface area contributed by atoms with Crippen LogP contribution < -0.4 is 10.2 Å². The molecule has 2 aliphatic rings. The Balaban J connectivity index is 1.45. The Bertz CT molecular complexity index is 699. The highest BCUT2D eigenvalue weighted by Crippen LogP contribution is 2.30. The van der Waals surface area contributed by atoms with E-state index in [0.717, 1.165) is 55.6 Å². The molecule has 3 heterocycles. The Morgan fingerprint density at radius 2 is 2.00 bits per heavy atom. The highest BCUT2D eigenvalue weighted by molar-refractivity contribution is 5.86. The van der Waals surface area contributed by atoms with Gasteiger partial charge in [-0.2, -0.15) is 5.10 Å². The number of aryl methyl sites for hydroxylation is 1. The quantitative estimate of drug-likeness (QED) is 0.910. The largest absolute Gasteiger partial charge is 0.356 e. The van der Waals surface area contributed by atoms with Gasteiger partial charge in [-0.25, -0.2) is 9.97 Å². The molecule has 1 saturated heterocycles. The van der Waals surface area contributed by atoms with Gasteiger partial charge in [0.1, 0.15) is 12.1 Å². The second-order valence-electron chi connectivity index (χ2n) is 6.25. The first kappa shape index (κ1) is 13.5. The number of hydrogen-bond donors (Lipinski definition) is 1. The number of nitrogens with one attached hydrogen (secondary N) is 1. The Hall–Kier alpha value is -2.18. The van der Waals surface area contributed by atoms with Crippen molar-refractivity contribution in [1.82, 2.24) is 25.1 Å². The molecule has 7 nitrogen and oxygen atoms in total. The summed E-state index contributed by atoms with van der Waals surface area (Å²) in [6, 6.07) is 0.301. The summed E-state index contributed by atoms with van der Waals surface area (Å²) in [5, 5.41) is 8.43. The number of piperidine rings is 1. The monoisotopic (exact) mass is 300 g/mol. The first-order chi connectivity index (χ1) is 10.7. The molecule has 1 aliphatic carbocycles. The minimum absolute atomic E-state index is 0.245. The zero-order valence-corrected chi connectivity index (χ0v) is 12.7. The van der Waals surface area contributed by atoms with E-state index in [1.807, 2.05) is 13.2 Å². The Morgan fingerprint density at radius 1 is 1.23 bits per heavy atom. The lowest BCUT2D eigenvalue weighted by molar-refractivity contribution is -0.123. The SMILES string of the molecule is Cn1ncc2c(N3CCC(NC(=O)C4CC4)CC3)ncnc21. The van der Waals surface area contributed by atoms with Gasteiger partial charge in [0.2, 0.25) is 5.91 Å². The minimum Gasteiger partial charge on any atom is -0.356 e. The molecule has 4 rings (SSSR count). The number of carbonyl (C=O) groups is 1. The molecule has 0 spiro atoms. The second-order valence-corrected chi connectivity index (χ2v) is 6.25. The fourth-order valence-electron chi connectivity index (χ4n) is 3.10. The van der Waals surface area contributed by atoms with Crippen LogP contribution >= 0.6 is 0 Å². The molecule has 0 bridgehead atoms. The molecule has 1 N–H and O–H groups in total. The topological polar surface area (TPSA) is 75.9 Å². The van der Waals surface area contributed by atoms with Crippen molar-refractivity contribution in [3.05, 3.63) is 12.5 Å². The third-order valence-electron chi connectivity index (χ3n) is 4.60. The van der Waals surface area contributed by atoms with E-state index in [2.05, 4.69) is 25.3 Å². The molecule has 2 aromatic rings. The van der Waals surface area contributed by atoms with Crippen molar-refractivity contribution < 1.29 is 4.79 Å². The molecule has 2 aromatic heterocycles. The van der Waals surface area contributed by atoms with Gasteiger partial charge in [-0.15, -0.1) is 0 Å². The normalized spacial score (nSPS) is 19.6. The molecule has 1 saturated carbocycles. The van der Waals surface area contributed by atoms with Gasteiger partial charge < -0.3 is 10.2 Å². The summed E-state index contributed by atoms with van der Waals surface area (Å²) in [6.45, 7) is 1.80. The van der Waals surface area contributed by atoms with E-state index in [1.54, 1.807) is 11.0 Å². The average Bonchev–Trinajstić information content (AvgIpc) is 3.32. The zero-order chi connectivity index (χ0) is 15.1. The molecule has 22 heavy (non-hydrogen) atoms. The van der Waals surface area contributed by atoms with Gasteiger partial charge in [0.15, 0.2) is 5.65 Å². The van der Waals surface area contributed by atoms with E-state index in [1.165, 1.54) is 0 Å². The van der Waals surface area contributed by atoms with Crippen LogP contribution in [0.15, 0.2) is 12.5 Å². The Morgan fingerprint density at radius 3 is 2.73 bits per heavy atom. The molecule has 0 aromatic carbocycles. The van der Waals surface area contributed by atoms with Gasteiger partial charge in [0.25, 0.3) is 0 Å². The predicted molar refractivity (Wildman–Crippen MR) is 82.4 cm³/mol. The van der Waals surface area contributed by atoms with Crippen LogP contribution in [0.25, 0.3) is 11.0 Å². The van der Waals surface area contributed by atoms with E-state index < -0.39 is 0 Å². The first-order valence-electron chi connectivity index (χ1n) is 7.90. The minimum atomic E-state index is 0.245. The van der Waals surface area contributed by atoms with E-state index in [-0.39, 0.29) is 11.8 Å². The van der Waals surface area contributed by atoms with Crippen LogP contribution in [0.3, 0.4) is 0 Å². The molecule has 1 aliphatic heterocycles. The second kappa shape index (κ2) is 5.23. The molecule has 0 radical (unpaired) electrons. The third kappa shape index (κ3) is 2.40. The number of fused-ring (bicyclic) bond motifs is 1. The maximum Gasteiger partial charge on any atom is 0.223 e. The van der Waals surface area contributed by atoms with E-state index in [0.29, 0.717) is 6.04 Å². The smallest absolute Gasteiger partial charge is 0.223 e. The van der Waals surface area contributed by atoms with Crippen molar-refractivity contribution in [3.8, 4) is 0 Å². The van der Waals surface area contributed by atoms with Gasteiger partial charge in [-0.1, -0.05) is 0 Å². The number of hydrogen-bond acceptors (Lipinski definition) is 5. The number of anilines is 1. The lowest BCUT2D eigenvalue weighted by Crippen LogP contribution is -2.45. The highest BCUT2D eigenvalue weighted by atomic mass is 16.2. The van der Waals surface area contributed by atoms with E-state index >= 15 is 0 Å². The van der Waals surface area contributed by atoms with Crippen LogP contribution in [0.5, 0.6) is 0 Å². The number of amides is 1. The zero-order valence-electron chi connectivity index (χ0n) is 12.7. The first-order valence-corrected chi connectivity index (χ1v) is 7.90. The van der Waals surface area contributed by atoms with Crippen molar-refractivity contribution in [2.75, 3.05) is 18.0 Å². The van der Waals surface area contributed by atoms with Crippen molar-refractivity contribution in [2.45, 2.75) is 31.7 Å². The summed E-state index contributed by atoms with van der Waals surface area (Å²) in [5.41, 5.74) is 0.856. The standard InChI is InChI=1S/C15H20N6O/c1-20-13-12(8-18-20)14(17-9-16-13)21-6-4-11(5-7-21)19-15(22)10-2-3-10/h8-11H,2-7H2,1H3,(H,19,22). The van der Waals surface area contributed by atoms with Gasteiger partial charge in [0.05, 0.1) is 11.6 Å². The van der Waals surface area contributed by atoms with E-state index in [4.69, 9.17) is 0 Å². The van der Waals surface area contributed by atoms with Crippen molar-refractivity contribution in [1.29, 1.82) is 0 Å². The summed E-state index contributed by atoms with van der Waals surface area (Å²) >= 11 is 0. The van der Waals surface area contributed by atoms with Crippen molar-refractivity contribution in [3.63, 3.8) is 0 Å². The van der Waals surface area contributed by atoms with Crippen molar-refractivity contribution in [2.24, 2.45) is 13.0 Å². The highest BCUT2D eigenvalue weighted by Gasteiger charge is 2.32. The van der Waals surface area contributed by atoms with Gasteiger partial charge in [0, 0.05) is 32.1 Å². The van der Waals surface area contributed by atoms with Gasteiger partial charge in [-0.05, 0) is 25.7 Å². The Labute approximate surface area is 128 Å².